The summed E-state index contributed by atoms with van der Waals surface area (Å²) in [7, 11) is 0. The molecule has 0 saturated carbocycles. The van der Waals surface area contributed by atoms with Gasteiger partial charge in [0.15, 0.2) is 25.0 Å². The molecular weight excluding hydrogens is 384 g/mol. The molecule has 1 aromatic carbocycles. The Balaban J connectivity index is 1.60. The number of carbonyl (C=O) groups is 1. The molecule has 2 heterocycles. The van der Waals surface area contributed by atoms with Crippen LogP contribution < -0.4 is 15.0 Å². The lowest BCUT2D eigenvalue weighted by molar-refractivity contribution is -0.752. The lowest BCUT2D eigenvalue weighted by Crippen LogP contribution is -2.37. The largest absolute Gasteiger partial charge is 0.408 e. The topological polar surface area (TPSA) is 79.8 Å². The van der Waals surface area contributed by atoms with Crippen LogP contribution in [0.5, 0.6) is 0 Å². The Bertz CT molecular complexity index is 948. The predicted octanol–water partition coefficient (Wildman–Crippen LogP) is 2.92. The van der Waals surface area contributed by atoms with Crippen LogP contribution in [0.4, 0.5) is 0 Å². The van der Waals surface area contributed by atoms with E-state index in [1.54, 1.807) is 18.5 Å². The minimum atomic E-state index is -0.404. The van der Waals surface area contributed by atoms with Crippen molar-refractivity contribution in [2.24, 2.45) is 5.73 Å². The molecule has 0 saturated heterocycles. The van der Waals surface area contributed by atoms with Gasteiger partial charge in [-0.3, -0.25) is 4.79 Å². The molecule has 0 fully saturated rings. The zero-order valence-corrected chi connectivity index (χ0v) is 18.1. The smallest absolute Gasteiger partial charge is 0.334 e. The number of aromatic nitrogens is 3. The molecule has 0 aliphatic heterocycles. The average Bonchev–Trinajstić information content (AvgIpc) is 3.37. The summed E-state index contributed by atoms with van der Waals surface area (Å²) in [5.41, 5.74) is 8.26. The van der Waals surface area contributed by atoms with Gasteiger partial charge in [-0.15, -0.1) is 4.68 Å². The third-order valence-electron chi connectivity index (χ3n) is 5.37. The normalized spacial score (nSPS) is 14.5. The van der Waals surface area contributed by atoms with Crippen molar-refractivity contribution >= 4 is 18.5 Å². The zero-order valence-electron chi connectivity index (χ0n) is 17.2. The number of oxazole rings is 1. The van der Waals surface area contributed by atoms with Crippen LogP contribution in [0, 0.1) is 0 Å². The van der Waals surface area contributed by atoms with Crippen LogP contribution in [-0.2, 0) is 13.1 Å². The van der Waals surface area contributed by atoms with Gasteiger partial charge in [0.2, 0.25) is 12.1 Å². The second kappa shape index (κ2) is 9.31. The first kappa shape index (κ1) is 21.2. The third-order valence-corrected chi connectivity index (χ3v) is 5.91. The molecular formula is C22H30N4O2S+2. The van der Waals surface area contributed by atoms with Crippen LogP contribution >= 0.6 is 12.6 Å². The number of nitrogens with two attached hydrogens (primary N) is 1. The molecule has 0 radical (unpaired) electrons. The van der Waals surface area contributed by atoms with Gasteiger partial charge in [-0.2, -0.15) is 22.3 Å². The summed E-state index contributed by atoms with van der Waals surface area (Å²) < 4.78 is 9.99. The van der Waals surface area contributed by atoms with Crippen LogP contribution in [0.25, 0.3) is 0 Å². The van der Waals surface area contributed by atoms with E-state index in [0.29, 0.717) is 11.5 Å². The number of carbonyl (C=O) groups excluding carboxylic acids is 1. The molecule has 0 bridgehead atoms. The molecule has 3 N–H and O–H groups in total. The van der Waals surface area contributed by atoms with Crippen molar-refractivity contribution in [2.45, 2.75) is 51.6 Å². The predicted molar refractivity (Wildman–Crippen MR) is 114 cm³/mol. The quantitative estimate of drug-likeness (QED) is 0.372. The van der Waals surface area contributed by atoms with Crippen LogP contribution in [0.3, 0.4) is 0 Å². The molecule has 29 heavy (non-hydrogen) atoms. The van der Waals surface area contributed by atoms with Crippen LogP contribution in [0.1, 0.15) is 65.8 Å². The van der Waals surface area contributed by atoms with Crippen molar-refractivity contribution in [2.75, 3.05) is 5.75 Å². The van der Waals surface area contributed by atoms with Gasteiger partial charge in [-0.1, -0.05) is 26.0 Å². The molecule has 3 unspecified atom stereocenters. The van der Waals surface area contributed by atoms with E-state index in [-0.39, 0.29) is 11.8 Å². The number of benzene rings is 1. The molecule has 3 rings (SSSR count). The highest BCUT2D eigenvalue weighted by molar-refractivity contribution is 7.80. The van der Waals surface area contributed by atoms with E-state index in [2.05, 4.69) is 60.1 Å². The van der Waals surface area contributed by atoms with Crippen LogP contribution in [0.15, 0.2) is 53.7 Å². The van der Waals surface area contributed by atoms with Gasteiger partial charge in [0.25, 0.3) is 0 Å². The van der Waals surface area contributed by atoms with E-state index in [0.717, 1.165) is 30.2 Å². The summed E-state index contributed by atoms with van der Waals surface area (Å²) in [6.07, 6.45) is 8.03. The molecule has 154 valence electrons. The number of thiol groups is 1. The van der Waals surface area contributed by atoms with Crippen LogP contribution in [-0.4, -0.2) is 16.8 Å². The number of rotatable bonds is 9. The van der Waals surface area contributed by atoms with Gasteiger partial charge < -0.3 is 10.2 Å². The van der Waals surface area contributed by atoms with Gasteiger partial charge in [0.05, 0.1) is 12.1 Å². The Morgan fingerprint density at radius 2 is 1.79 bits per heavy atom. The first-order valence-corrected chi connectivity index (χ1v) is 10.6. The monoisotopic (exact) mass is 414 g/mol. The number of nitrogens with one attached hydrogen (secondary N) is 1. The first-order valence-electron chi connectivity index (χ1n) is 9.93. The molecule has 1 amide bonds. The first-order chi connectivity index (χ1) is 13.9. The van der Waals surface area contributed by atoms with Crippen molar-refractivity contribution in [3.8, 4) is 0 Å². The van der Waals surface area contributed by atoms with E-state index >= 15 is 0 Å². The molecule has 0 aliphatic rings. The standard InChI is InChI=1S/C22H28N4O2S/c1-15(18-4-6-19(7-5-18)22(23)27)9-25-12-21(28-14-25)16(2)10-26-11-20(8-24-26)17(3)13-29/h4-8,11-12,14-17H,9-10,13H2,1-3H3,(H2-,23,27,29)/p+2. The summed E-state index contributed by atoms with van der Waals surface area (Å²) in [5.74, 6) is 2.33. The van der Waals surface area contributed by atoms with E-state index in [9.17, 15) is 4.79 Å². The molecule has 0 spiro atoms. The van der Waals surface area contributed by atoms with E-state index in [1.165, 1.54) is 5.56 Å². The third kappa shape index (κ3) is 5.29. The van der Waals surface area contributed by atoms with E-state index in [1.807, 2.05) is 18.3 Å². The zero-order chi connectivity index (χ0) is 21.0. The van der Waals surface area contributed by atoms with Crippen molar-refractivity contribution in [3.05, 3.63) is 71.7 Å². The molecule has 0 aliphatic carbocycles. The van der Waals surface area contributed by atoms with Crippen molar-refractivity contribution in [1.29, 1.82) is 0 Å². The van der Waals surface area contributed by atoms with Gasteiger partial charge in [0.1, 0.15) is 0 Å². The lowest BCUT2D eigenvalue weighted by Gasteiger charge is -2.07. The minimum Gasteiger partial charge on any atom is -0.408 e. The number of amides is 1. The number of H-pyrrole nitrogens is 1. The van der Waals surface area contributed by atoms with Crippen molar-refractivity contribution in [1.82, 2.24) is 5.10 Å². The van der Waals surface area contributed by atoms with Gasteiger partial charge in [-0.05, 0) is 36.3 Å². The van der Waals surface area contributed by atoms with E-state index in [4.69, 9.17) is 10.2 Å². The number of primary amides is 1. The van der Waals surface area contributed by atoms with Gasteiger partial charge in [0, 0.05) is 17.0 Å². The Morgan fingerprint density at radius 3 is 2.45 bits per heavy atom. The molecule has 7 heteroatoms. The molecule has 3 aromatic rings. The lowest BCUT2D eigenvalue weighted by atomic mass is 9.99. The second-order valence-corrected chi connectivity index (χ2v) is 8.24. The Morgan fingerprint density at radius 1 is 1.07 bits per heavy atom. The van der Waals surface area contributed by atoms with Crippen molar-refractivity contribution in [3.63, 3.8) is 0 Å². The molecule has 6 nitrogen and oxygen atoms in total. The Kier molecular flexibility index (Phi) is 6.79. The fourth-order valence-corrected chi connectivity index (χ4v) is 3.58. The summed E-state index contributed by atoms with van der Waals surface area (Å²) >= 11 is 4.37. The van der Waals surface area contributed by atoms with Gasteiger partial charge >= 0.3 is 6.39 Å². The number of hydrogen-bond acceptors (Lipinski definition) is 3. The summed E-state index contributed by atoms with van der Waals surface area (Å²) in [5, 5.41) is 3.30. The summed E-state index contributed by atoms with van der Waals surface area (Å²) in [6.45, 7) is 8.09. The Hall–Kier alpha value is -2.54. The highest BCUT2D eigenvalue weighted by atomic mass is 32.1. The SMILES string of the molecule is CC(CS)c1c[nH][n+](CC(C)c2c[n+](CC(C)c3ccc(C(N)=O)cc3)co2)c1. The maximum Gasteiger partial charge on any atom is 0.334 e. The fourth-order valence-electron chi connectivity index (χ4n) is 3.37. The number of nitrogens with zero attached hydrogens (tertiary/aromatic N) is 2. The van der Waals surface area contributed by atoms with Crippen LogP contribution in [0.2, 0.25) is 0 Å². The summed E-state index contributed by atoms with van der Waals surface area (Å²) in [4.78, 5) is 11.2. The molecule has 2 aromatic heterocycles. The highest BCUT2D eigenvalue weighted by Gasteiger charge is 2.22. The van der Waals surface area contributed by atoms with E-state index < -0.39 is 5.91 Å². The number of hydrogen-bond donors (Lipinski definition) is 3. The van der Waals surface area contributed by atoms with Gasteiger partial charge in [-0.25, -0.2) is 0 Å². The maximum absolute atomic E-state index is 11.2. The highest BCUT2D eigenvalue weighted by Crippen LogP contribution is 2.18. The second-order valence-electron chi connectivity index (χ2n) is 7.88. The maximum atomic E-state index is 11.2. The van der Waals surface area contributed by atoms with Crippen molar-refractivity contribution < 1.29 is 18.5 Å². The minimum absolute atomic E-state index is 0.240. The fraction of sp³-hybridized carbons (Fsp3) is 0.409. The molecule has 3 atom stereocenters. The average molecular weight is 415 g/mol. The number of aromatic amines is 1. The summed E-state index contributed by atoms with van der Waals surface area (Å²) in [6, 6.07) is 7.47. The Labute approximate surface area is 177 Å².